The van der Waals surface area contributed by atoms with Crippen molar-refractivity contribution in [1.29, 1.82) is 0 Å². The van der Waals surface area contributed by atoms with Crippen LogP contribution in [0.5, 0.6) is 0 Å². The van der Waals surface area contributed by atoms with Gasteiger partial charge in [0.2, 0.25) is 0 Å². The lowest BCUT2D eigenvalue weighted by atomic mass is 10.2. The maximum absolute atomic E-state index is 13.0. The Kier molecular flexibility index (Phi) is 6.94. The highest BCUT2D eigenvalue weighted by Crippen LogP contribution is 2.17. The Morgan fingerprint density at radius 1 is 1.28 bits per heavy atom. The van der Waals surface area contributed by atoms with E-state index >= 15 is 0 Å². The maximum atomic E-state index is 13.0. The minimum atomic E-state index is -0.771. The predicted octanol–water partition coefficient (Wildman–Crippen LogP) is 2.80. The molecule has 6 nitrogen and oxygen atoms in total. The van der Waals surface area contributed by atoms with E-state index in [0.717, 1.165) is 31.8 Å². The highest BCUT2D eigenvalue weighted by molar-refractivity contribution is 6.30. The highest BCUT2D eigenvalue weighted by Gasteiger charge is 2.18. The van der Waals surface area contributed by atoms with Crippen molar-refractivity contribution in [3.8, 4) is 0 Å². The van der Waals surface area contributed by atoms with Crippen LogP contribution in [-0.4, -0.2) is 30.6 Å². The molecule has 0 aromatic heterocycles. The standard InChI is InChI=1S/C17H18ClFN2O4/c18-13-9-11(5-7-14(13)19)6-8-16(23)25-10-15(22)21-17(24)20-12-3-1-2-4-12/h5-9,12H,1-4,10H2,(H2,20,21,22,24)/b8-6+. The van der Waals surface area contributed by atoms with Crippen LogP contribution in [0.1, 0.15) is 31.2 Å². The number of amides is 3. The van der Waals surface area contributed by atoms with Gasteiger partial charge in [-0.3, -0.25) is 10.1 Å². The maximum Gasteiger partial charge on any atom is 0.331 e. The van der Waals surface area contributed by atoms with Crippen molar-refractivity contribution in [3.05, 3.63) is 40.7 Å². The summed E-state index contributed by atoms with van der Waals surface area (Å²) in [6, 6.07) is 3.44. The van der Waals surface area contributed by atoms with E-state index in [1.54, 1.807) is 0 Å². The van der Waals surface area contributed by atoms with Gasteiger partial charge in [0.1, 0.15) is 5.82 Å². The lowest BCUT2D eigenvalue weighted by Gasteiger charge is -2.12. The molecule has 0 saturated heterocycles. The zero-order chi connectivity index (χ0) is 18.2. The average Bonchev–Trinajstić information content (AvgIpc) is 3.06. The van der Waals surface area contributed by atoms with Crippen molar-refractivity contribution in [2.75, 3.05) is 6.61 Å². The summed E-state index contributed by atoms with van der Waals surface area (Å²) in [6.07, 6.45) is 6.36. The third-order valence-electron chi connectivity index (χ3n) is 3.64. The first kappa shape index (κ1) is 18.9. The van der Waals surface area contributed by atoms with E-state index in [1.807, 2.05) is 0 Å². The van der Waals surface area contributed by atoms with E-state index < -0.39 is 30.3 Å². The van der Waals surface area contributed by atoms with Gasteiger partial charge >= 0.3 is 12.0 Å². The van der Waals surface area contributed by atoms with Crippen molar-refractivity contribution < 1.29 is 23.5 Å². The van der Waals surface area contributed by atoms with Crippen LogP contribution in [0.3, 0.4) is 0 Å². The van der Waals surface area contributed by atoms with Crippen molar-refractivity contribution in [1.82, 2.24) is 10.6 Å². The molecular weight excluding hydrogens is 351 g/mol. The Bertz CT molecular complexity index is 687. The zero-order valence-corrected chi connectivity index (χ0v) is 14.1. The molecule has 134 valence electrons. The van der Waals surface area contributed by atoms with Crippen LogP contribution < -0.4 is 10.6 Å². The number of ether oxygens (including phenoxy) is 1. The van der Waals surface area contributed by atoms with Gasteiger partial charge < -0.3 is 10.1 Å². The smallest absolute Gasteiger partial charge is 0.331 e. The van der Waals surface area contributed by atoms with E-state index in [2.05, 4.69) is 10.6 Å². The largest absolute Gasteiger partial charge is 0.452 e. The zero-order valence-electron chi connectivity index (χ0n) is 13.4. The minimum Gasteiger partial charge on any atom is -0.452 e. The Morgan fingerprint density at radius 2 is 2.00 bits per heavy atom. The number of imide groups is 1. The second-order valence-corrected chi connectivity index (χ2v) is 6.02. The Balaban J connectivity index is 1.71. The predicted molar refractivity (Wildman–Crippen MR) is 90.3 cm³/mol. The number of urea groups is 1. The minimum absolute atomic E-state index is 0.0665. The fourth-order valence-electron chi connectivity index (χ4n) is 2.42. The van der Waals surface area contributed by atoms with Gasteiger partial charge in [0, 0.05) is 12.1 Å². The van der Waals surface area contributed by atoms with E-state index in [1.165, 1.54) is 24.3 Å². The van der Waals surface area contributed by atoms with Gasteiger partial charge in [-0.2, -0.15) is 0 Å². The van der Waals surface area contributed by atoms with Gasteiger partial charge in [0.25, 0.3) is 5.91 Å². The normalized spacial score (nSPS) is 14.5. The molecule has 1 aromatic rings. The van der Waals surface area contributed by atoms with Gasteiger partial charge in [-0.25, -0.2) is 14.0 Å². The summed E-state index contributed by atoms with van der Waals surface area (Å²) in [7, 11) is 0. The van der Waals surface area contributed by atoms with Crippen LogP contribution in [0.2, 0.25) is 5.02 Å². The summed E-state index contributed by atoms with van der Waals surface area (Å²) in [4.78, 5) is 34.7. The van der Waals surface area contributed by atoms with Gasteiger partial charge in [-0.1, -0.05) is 30.5 Å². The molecule has 0 spiro atoms. The SMILES string of the molecule is O=C(COC(=O)/C=C/c1ccc(F)c(Cl)c1)NC(=O)NC1CCCC1. The Hall–Kier alpha value is -2.41. The van der Waals surface area contributed by atoms with E-state index in [0.29, 0.717) is 5.56 Å². The summed E-state index contributed by atoms with van der Waals surface area (Å²) in [5.74, 6) is -2.05. The summed E-state index contributed by atoms with van der Waals surface area (Å²) in [6.45, 7) is -0.578. The quantitative estimate of drug-likeness (QED) is 0.618. The molecule has 3 amide bonds. The molecular formula is C17H18ClFN2O4. The Labute approximate surface area is 149 Å². The van der Waals surface area contributed by atoms with Crippen LogP contribution in [-0.2, 0) is 14.3 Å². The average molecular weight is 369 g/mol. The van der Waals surface area contributed by atoms with Gasteiger partial charge in [0.05, 0.1) is 5.02 Å². The first-order chi connectivity index (χ1) is 11.9. The van der Waals surface area contributed by atoms with Crippen LogP contribution >= 0.6 is 11.6 Å². The highest BCUT2D eigenvalue weighted by atomic mass is 35.5. The molecule has 0 aliphatic heterocycles. The molecule has 2 N–H and O–H groups in total. The molecule has 1 fully saturated rings. The first-order valence-electron chi connectivity index (χ1n) is 7.84. The molecule has 0 unspecified atom stereocenters. The first-order valence-corrected chi connectivity index (χ1v) is 8.22. The molecule has 1 aliphatic rings. The summed E-state index contributed by atoms with van der Waals surface area (Å²) < 4.78 is 17.7. The van der Waals surface area contributed by atoms with E-state index in [9.17, 15) is 18.8 Å². The number of esters is 1. The molecule has 0 bridgehead atoms. The molecule has 1 aliphatic carbocycles. The van der Waals surface area contributed by atoms with Crippen molar-refractivity contribution >= 4 is 35.6 Å². The summed E-state index contributed by atoms with van der Waals surface area (Å²) in [5, 5.41) is 4.72. The molecule has 0 heterocycles. The van der Waals surface area contributed by atoms with Crippen LogP contribution in [0.4, 0.5) is 9.18 Å². The third kappa shape index (κ3) is 6.54. The molecule has 8 heteroatoms. The molecule has 2 rings (SSSR count). The number of benzene rings is 1. The summed E-state index contributed by atoms with van der Waals surface area (Å²) in [5.41, 5.74) is 0.503. The number of rotatable bonds is 5. The number of carbonyl (C=O) groups is 3. The topological polar surface area (TPSA) is 84.5 Å². The molecule has 25 heavy (non-hydrogen) atoms. The number of halogens is 2. The number of nitrogens with one attached hydrogen (secondary N) is 2. The van der Waals surface area contributed by atoms with Crippen molar-refractivity contribution in [2.24, 2.45) is 0 Å². The monoisotopic (exact) mass is 368 g/mol. The van der Waals surface area contributed by atoms with Gasteiger partial charge in [-0.05, 0) is 36.6 Å². The van der Waals surface area contributed by atoms with Gasteiger partial charge in [-0.15, -0.1) is 0 Å². The molecule has 0 radical (unpaired) electrons. The lowest BCUT2D eigenvalue weighted by molar-refractivity contribution is -0.143. The third-order valence-corrected chi connectivity index (χ3v) is 3.93. The second-order valence-electron chi connectivity index (χ2n) is 5.62. The fourth-order valence-corrected chi connectivity index (χ4v) is 2.61. The molecule has 0 atom stereocenters. The molecule has 1 aromatic carbocycles. The number of hydrogen-bond donors (Lipinski definition) is 2. The number of carbonyl (C=O) groups excluding carboxylic acids is 3. The van der Waals surface area contributed by atoms with E-state index in [-0.39, 0.29) is 11.1 Å². The van der Waals surface area contributed by atoms with E-state index in [4.69, 9.17) is 16.3 Å². The van der Waals surface area contributed by atoms with Crippen LogP contribution in [0, 0.1) is 5.82 Å². The van der Waals surface area contributed by atoms with Crippen LogP contribution in [0.25, 0.3) is 6.08 Å². The van der Waals surface area contributed by atoms with Crippen molar-refractivity contribution in [2.45, 2.75) is 31.7 Å². The second kappa shape index (κ2) is 9.17. The summed E-state index contributed by atoms with van der Waals surface area (Å²) >= 11 is 5.63. The Morgan fingerprint density at radius 3 is 2.68 bits per heavy atom. The van der Waals surface area contributed by atoms with Crippen molar-refractivity contribution in [3.63, 3.8) is 0 Å². The number of hydrogen-bond acceptors (Lipinski definition) is 4. The lowest BCUT2D eigenvalue weighted by Crippen LogP contribution is -2.44. The van der Waals surface area contributed by atoms with Crippen LogP contribution in [0.15, 0.2) is 24.3 Å². The van der Waals surface area contributed by atoms with Gasteiger partial charge in [0.15, 0.2) is 6.61 Å². The fraction of sp³-hybridized carbons (Fsp3) is 0.353. The molecule has 1 saturated carbocycles.